The van der Waals surface area contributed by atoms with E-state index in [-0.39, 0.29) is 35.2 Å². The van der Waals surface area contributed by atoms with Gasteiger partial charge in [-0.3, -0.25) is 9.59 Å². The number of carbonyl (C=O) groups excluding carboxylic acids is 2. The van der Waals surface area contributed by atoms with Gasteiger partial charge in [0.2, 0.25) is 10.0 Å². The fraction of sp³-hybridized carbons (Fsp3) is 0.286. The van der Waals surface area contributed by atoms with E-state index >= 15 is 0 Å². The van der Waals surface area contributed by atoms with Crippen LogP contribution in [0.3, 0.4) is 0 Å². The lowest BCUT2D eigenvalue weighted by Crippen LogP contribution is -2.23. The molecule has 1 amide bonds. The van der Waals surface area contributed by atoms with Crippen molar-refractivity contribution in [1.82, 2.24) is 4.57 Å². The maximum absolute atomic E-state index is 12.6. The van der Waals surface area contributed by atoms with Crippen molar-refractivity contribution in [1.29, 1.82) is 0 Å². The van der Waals surface area contributed by atoms with Crippen LogP contribution in [0.1, 0.15) is 23.6 Å². The van der Waals surface area contributed by atoms with Crippen LogP contribution < -0.4 is 9.94 Å². The molecule has 1 heterocycles. The minimum atomic E-state index is -3.89. The standard InChI is InChI=1S/C21H23N3O5S2/c1-4-29-20(26)12-24-17-8-7-16(31(22,27)28)11-18(17)30-21(24)23-19(25)10-15-6-5-13(2)14(3)9-15/h5-9,11H,4,10,12H2,1-3H3,(H2,22,27,28). The Morgan fingerprint density at radius 3 is 2.52 bits per heavy atom. The molecular weight excluding hydrogens is 438 g/mol. The first-order valence-corrected chi connectivity index (χ1v) is 11.9. The summed E-state index contributed by atoms with van der Waals surface area (Å²) < 4.78 is 30.5. The van der Waals surface area contributed by atoms with Crippen molar-refractivity contribution < 1.29 is 22.7 Å². The molecule has 3 rings (SSSR count). The van der Waals surface area contributed by atoms with Gasteiger partial charge in [0, 0.05) is 0 Å². The minimum Gasteiger partial charge on any atom is -0.465 e. The molecule has 0 aliphatic carbocycles. The van der Waals surface area contributed by atoms with Crippen molar-refractivity contribution in [2.75, 3.05) is 6.61 Å². The average Bonchev–Trinajstić information content (AvgIpc) is 3.00. The van der Waals surface area contributed by atoms with Crippen LogP contribution in [0.5, 0.6) is 0 Å². The van der Waals surface area contributed by atoms with Crippen LogP contribution in [0.25, 0.3) is 10.2 Å². The highest BCUT2D eigenvalue weighted by molar-refractivity contribution is 7.89. The third-order valence-corrected chi connectivity index (χ3v) is 6.67. The van der Waals surface area contributed by atoms with E-state index in [2.05, 4.69) is 4.99 Å². The highest BCUT2D eigenvalue weighted by atomic mass is 32.2. The fourth-order valence-corrected chi connectivity index (χ4v) is 4.74. The molecule has 0 radical (unpaired) electrons. The lowest BCUT2D eigenvalue weighted by atomic mass is 10.0. The van der Waals surface area contributed by atoms with E-state index in [0.717, 1.165) is 28.0 Å². The van der Waals surface area contributed by atoms with Gasteiger partial charge in [-0.05, 0) is 55.7 Å². The van der Waals surface area contributed by atoms with Crippen molar-refractivity contribution in [3.8, 4) is 0 Å². The number of nitrogens with two attached hydrogens (primary N) is 1. The van der Waals surface area contributed by atoms with Crippen molar-refractivity contribution in [2.24, 2.45) is 10.1 Å². The van der Waals surface area contributed by atoms with Crippen LogP contribution in [0.15, 0.2) is 46.3 Å². The van der Waals surface area contributed by atoms with E-state index in [4.69, 9.17) is 9.88 Å². The molecule has 8 nitrogen and oxygen atoms in total. The van der Waals surface area contributed by atoms with E-state index in [9.17, 15) is 18.0 Å². The molecule has 0 fully saturated rings. The molecule has 2 aromatic carbocycles. The maximum atomic E-state index is 12.6. The summed E-state index contributed by atoms with van der Waals surface area (Å²) >= 11 is 1.11. The summed E-state index contributed by atoms with van der Waals surface area (Å²) in [5.41, 5.74) is 3.62. The van der Waals surface area contributed by atoms with Crippen molar-refractivity contribution >= 4 is 43.5 Å². The van der Waals surface area contributed by atoms with Crippen molar-refractivity contribution in [3.63, 3.8) is 0 Å². The van der Waals surface area contributed by atoms with Gasteiger partial charge < -0.3 is 9.30 Å². The predicted octanol–water partition coefficient (Wildman–Crippen LogP) is 2.20. The highest BCUT2D eigenvalue weighted by Crippen LogP contribution is 2.21. The van der Waals surface area contributed by atoms with Crippen LogP contribution in [-0.4, -0.2) is 31.5 Å². The second-order valence-electron chi connectivity index (χ2n) is 7.05. The molecule has 10 heteroatoms. The summed E-state index contributed by atoms with van der Waals surface area (Å²) in [5.74, 6) is -0.861. The van der Waals surface area contributed by atoms with E-state index in [1.54, 1.807) is 11.5 Å². The van der Waals surface area contributed by atoms with Gasteiger partial charge in [-0.15, -0.1) is 0 Å². The normalized spacial score (nSPS) is 12.3. The number of rotatable bonds is 6. The molecule has 2 N–H and O–H groups in total. The number of hydrogen-bond acceptors (Lipinski definition) is 6. The number of carbonyl (C=O) groups is 2. The number of benzene rings is 2. The van der Waals surface area contributed by atoms with Gasteiger partial charge in [-0.25, -0.2) is 13.6 Å². The number of esters is 1. The van der Waals surface area contributed by atoms with Gasteiger partial charge >= 0.3 is 5.97 Å². The zero-order valence-electron chi connectivity index (χ0n) is 17.4. The molecule has 31 heavy (non-hydrogen) atoms. The Hall–Kier alpha value is -2.82. The van der Waals surface area contributed by atoms with Crippen LogP contribution in [0, 0.1) is 13.8 Å². The van der Waals surface area contributed by atoms with Gasteiger partial charge in [-0.1, -0.05) is 29.5 Å². The summed E-state index contributed by atoms with van der Waals surface area (Å²) in [6, 6.07) is 10.1. The number of hydrogen-bond donors (Lipinski definition) is 1. The Labute approximate surface area is 184 Å². The van der Waals surface area contributed by atoms with Gasteiger partial charge in [0.05, 0.1) is 28.1 Å². The van der Waals surface area contributed by atoms with Crippen LogP contribution in [0.4, 0.5) is 0 Å². The molecule has 0 atom stereocenters. The van der Waals surface area contributed by atoms with Gasteiger partial charge in [-0.2, -0.15) is 4.99 Å². The first-order valence-electron chi connectivity index (χ1n) is 9.54. The quantitative estimate of drug-likeness (QED) is 0.564. The summed E-state index contributed by atoms with van der Waals surface area (Å²) in [5, 5.41) is 5.22. The Balaban J connectivity index is 2.06. The molecule has 0 saturated heterocycles. The number of aromatic nitrogens is 1. The number of thiazole rings is 1. The number of amides is 1. The molecule has 0 unspecified atom stereocenters. The summed E-state index contributed by atoms with van der Waals surface area (Å²) in [7, 11) is -3.89. The summed E-state index contributed by atoms with van der Waals surface area (Å²) in [6.45, 7) is 5.73. The number of ether oxygens (including phenoxy) is 1. The van der Waals surface area contributed by atoms with Gasteiger partial charge in [0.1, 0.15) is 6.54 Å². The van der Waals surface area contributed by atoms with Crippen molar-refractivity contribution in [3.05, 3.63) is 57.9 Å². The maximum Gasteiger partial charge on any atom is 0.326 e. The molecule has 0 spiro atoms. The number of primary sulfonamides is 1. The number of fused-ring (bicyclic) bond motifs is 1. The second kappa shape index (κ2) is 9.13. The van der Waals surface area contributed by atoms with Crippen LogP contribution >= 0.6 is 11.3 Å². The zero-order valence-corrected chi connectivity index (χ0v) is 19.0. The SMILES string of the molecule is CCOC(=O)Cn1c(=NC(=O)Cc2ccc(C)c(C)c2)sc2cc(S(N)(=O)=O)ccc21. The first kappa shape index (κ1) is 22.9. The largest absolute Gasteiger partial charge is 0.465 e. The Bertz CT molecular complexity index is 1340. The molecule has 0 aliphatic heterocycles. The molecule has 0 saturated carbocycles. The Kier molecular flexibility index (Phi) is 6.73. The Morgan fingerprint density at radius 1 is 1.13 bits per heavy atom. The van der Waals surface area contributed by atoms with Gasteiger partial charge in [0.25, 0.3) is 5.91 Å². The average molecular weight is 462 g/mol. The molecule has 0 aliphatic rings. The fourth-order valence-electron chi connectivity index (χ4n) is 3.04. The third kappa shape index (κ3) is 5.46. The monoisotopic (exact) mass is 461 g/mol. The van der Waals surface area contributed by atoms with Gasteiger partial charge in [0.15, 0.2) is 4.80 Å². The summed E-state index contributed by atoms with van der Waals surface area (Å²) in [4.78, 5) is 29.2. The number of aryl methyl sites for hydroxylation is 2. The number of nitrogens with zero attached hydrogens (tertiary/aromatic N) is 2. The first-order chi connectivity index (χ1) is 14.6. The zero-order chi connectivity index (χ0) is 22.8. The van der Waals surface area contributed by atoms with E-state index in [0.29, 0.717) is 10.2 Å². The molecule has 0 bridgehead atoms. The van der Waals surface area contributed by atoms with Crippen molar-refractivity contribution in [2.45, 2.75) is 38.6 Å². The minimum absolute atomic E-state index is 0.0578. The summed E-state index contributed by atoms with van der Waals surface area (Å²) in [6.07, 6.45) is 0.108. The van der Waals surface area contributed by atoms with Crippen LogP contribution in [-0.2, 0) is 37.3 Å². The lowest BCUT2D eigenvalue weighted by Gasteiger charge is -2.06. The molecule has 164 valence electrons. The second-order valence-corrected chi connectivity index (χ2v) is 9.62. The van der Waals surface area contributed by atoms with Crippen LogP contribution in [0.2, 0.25) is 0 Å². The molecule has 3 aromatic rings. The predicted molar refractivity (Wildman–Crippen MR) is 118 cm³/mol. The lowest BCUT2D eigenvalue weighted by molar-refractivity contribution is -0.143. The topological polar surface area (TPSA) is 121 Å². The van der Waals surface area contributed by atoms with E-state index in [1.807, 2.05) is 32.0 Å². The van der Waals surface area contributed by atoms with E-state index in [1.165, 1.54) is 18.2 Å². The third-order valence-electron chi connectivity index (χ3n) is 4.72. The highest BCUT2D eigenvalue weighted by Gasteiger charge is 2.15. The smallest absolute Gasteiger partial charge is 0.326 e. The molecule has 1 aromatic heterocycles. The molecular formula is C21H23N3O5S2. The Morgan fingerprint density at radius 2 is 1.87 bits per heavy atom. The van der Waals surface area contributed by atoms with E-state index < -0.39 is 16.0 Å². The number of sulfonamides is 1.